The molecule has 144 valence electrons. The van der Waals surface area contributed by atoms with Gasteiger partial charge in [0.25, 0.3) is 0 Å². The predicted octanol–water partition coefficient (Wildman–Crippen LogP) is 4.54. The summed E-state index contributed by atoms with van der Waals surface area (Å²) >= 11 is 0. The van der Waals surface area contributed by atoms with Crippen molar-refractivity contribution in [2.75, 3.05) is 6.61 Å². The van der Waals surface area contributed by atoms with Crippen LogP contribution in [0.2, 0.25) is 24.7 Å². The molecule has 0 amide bonds. The molecule has 0 aliphatic carbocycles. The molecule has 0 aromatic heterocycles. The van der Waals surface area contributed by atoms with Crippen molar-refractivity contribution in [1.82, 2.24) is 0 Å². The molecule has 1 aliphatic rings. The fourth-order valence-electron chi connectivity index (χ4n) is 4.74. The Bertz CT molecular complexity index is 762. The molecule has 1 nitrogen and oxygen atoms in total. The molecule has 0 spiro atoms. The van der Waals surface area contributed by atoms with Gasteiger partial charge < -0.3 is 4.43 Å². The summed E-state index contributed by atoms with van der Waals surface area (Å²) in [6.07, 6.45) is 2.58. The van der Waals surface area contributed by atoms with Gasteiger partial charge in [-0.25, -0.2) is 0 Å². The monoisotopic (exact) mass is 402 g/mol. The van der Waals surface area contributed by atoms with Crippen LogP contribution in [0.4, 0.5) is 0 Å². The van der Waals surface area contributed by atoms with Crippen molar-refractivity contribution in [1.29, 1.82) is 0 Å². The van der Waals surface area contributed by atoms with Gasteiger partial charge in [-0.1, -0.05) is 97.4 Å². The van der Waals surface area contributed by atoms with Crippen LogP contribution in [-0.4, -0.2) is 23.0 Å². The van der Waals surface area contributed by atoms with E-state index in [9.17, 15) is 0 Å². The van der Waals surface area contributed by atoms with E-state index < -0.39 is 16.4 Å². The average Bonchev–Trinajstić information content (AvgIpc) is 2.77. The maximum Gasteiger partial charge on any atom is 0.189 e. The highest BCUT2D eigenvalue weighted by Gasteiger charge is 2.42. The number of benzene rings is 3. The van der Waals surface area contributed by atoms with Gasteiger partial charge >= 0.3 is 0 Å². The van der Waals surface area contributed by atoms with E-state index in [1.165, 1.54) is 46.5 Å². The van der Waals surface area contributed by atoms with Crippen molar-refractivity contribution in [2.24, 2.45) is 0 Å². The quantitative estimate of drug-likeness (QED) is 0.434. The molecule has 1 saturated heterocycles. The molecule has 1 unspecified atom stereocenters. The second kappa shape index (κ2) is 8.60. The molecule has 1 heterocycles. The van der Waals surface area contributed by atoms with Crippen molar-refractivity contribution in [3.05, 3.63) is 91.0 Å². The van der Waals surface area contributed by atoms with E-state index in [-0.39, 0.29) is 0 Å². The molecule has 0 bridgehead atoms. The Kier molecular flexibility index (Phi) is 5.95. The topological polar surface area (TPSA) is 9.23 Å². The normalized spacial score (nSPS) is 20.0. The number of rotatable bonds is 6. The smallest absolute Gasteiger partial charge is 0.189 e. The highest BCUT2D eigenvalue weighted by molar-refractivity contribution is 7.12. The highest BCUT2D eigenvalue weighted by Crippen LogP contribution is 2.29. The van der Waals surface area contributed by atoms with E-state index in [2.05, 4.69) is 97.5 Å². The van der Waals surface area contributed by atoms with Crippen molar-refractivity contribution >= 4 is 32.0 Å². The van der Waals surface area contributed by atoms with Gasteiger partial charge in [-0.05, 0) is 46.7 Å². The Balaban J connectivity index is 1.83. The first-order valence-corrected chi connectivity index (χ1v) is 15.6. The lowest BCUT2D eigenvalue weighted by molar-refractivity contribution is 0.271. The van der Waals surface area contributed by atoms with Gasteiger partial charge in [0, 0.05) is 6.61 Å². The van der Waals surface area contributed by atoms with Crippen LogP contribution < -0.4 is 15.6 Å². The summed E-state index contributed by atoms with van der Waals surface area (Å²) in [5.41, 5.74) is 0. The molecule has 0 radical (unpaired) electrons. The lowest BCUT2D eigenvalue weighted by atomic mass is 10.3. The third-order valence-electron chi connectivity index (χ3n) is 6.38. The second-order valence-corrected chi connectivity index (χ2v) is 16.5. The van der Waals surface area contributed by atoms with E-state index in [1.54, 1.807) is 0 Å². The Labute approximate surface area is 171 Å². The van der Waals surface area contributed by atoms with Crippen LogP contribution in [0, 0.1) is 0 Å². The van der Waals surface area contributed by atoms with Gasteiger partial charge in [-0.15, -0.1) is 0 Å². The predicted molar refractivity (Wildman–Crippen MR) is 125 cm³/mol. The molecular weight excluding hydrogens is 372 g/mol. The summed E-state index contributed by atoms with van der Waals surface area (Å²) in [4.78, 5) is 0. The summed E-state index contributed by atoms with van der Waals surface area (Å²) < 4.78 is 6.43. The molecule has 0 N–H and O–H groups in total. The summed E-state index contributed by atoms with van der Waals surface area (Å²) in [6.45, 7) is 3.44. The van der Waals surface area contributed by atoms with E-state index in [4.69, 9.17) is 4.43 Å². The molecule has 0 saturated carbocycles. The van der Waals surface area contributed by atoms with E-state index in [1.807, 2.05) is 0 Å². The summed E-state index contributed by atoms with van der Waals surface area (Å²) in [7, 11) is -3.71. The molecule has 1 fully saturated rings. The zero-order valence-electron chi connectivity index (χ0n) is 16.8. The molecule has 3 aromatic rings. The summed E-state index contributed by atoms with van der Waals surface area (Å²) in [6, 6.07) is 37.6. The zero-order chi connectivity index (χ0) is 19.3. The van der Waals surface area contributed by atoms with E-state index in [0.717, 1.165) is 6.61 Å². The second-order valence-electron chi connectivity index (χ2n) is 8.26. The van der Waals surface area contributed by atoms with Gasteiger partial charge in [0.2, 0.25) is 0 Å². The van der Waals surface area contributed by atoms with Crippen molar-refractivity contribution in [3.63, 3.8) is 0 Å². The lowest BCUT2D eigenvalue weighted by Crippen LogP contribution is -2.67. The van der Waals surface area contributed by atoms with Crippen molar-refractivity contribution in [3.8, 4) is 0 Å². The third-order valence-corrected chi connectivity index (χ3v) is 15.5. The molecule has 1 atom stereocenters. The van der Waals surface area contributed by atoms with Crippen LogP contribution in [0.5, 0.6) is 0 Å². The number of hydrogen-bond donors (Lipinski definition) is 0. The minimum absolute atomic E-state index is 0.972. The van der Waals surface area contributed by atoms with E-state index in [0.29, 0.717) is 0 Å². The fraction of sp³-hybridized carbons (Fsp3) is 0.280. The Morgan fingerprint density at radius 2 is 1.18 bits per heavy atom. The first kappa shape index (κ1) is 19.4. The van der Waals surface area contributed by atoms with Crippen LogP contribution in [0.25, 0.3) is 0 Å². The van der Waals surface area contributed by atoms with Crippen LogP contribution in [0.3, 0.4) is 0 Å². The van der Waals surface area contributed by atoms with Gasteiger partial charge in [0.15, 0.2) is 8.32 Å². The first-order chi connectivity index (χ1) is 13.7. The van der Waals surface area contributed by atoms with E-state index >= 15 is 0 Å². The SMILES string of the molecule is C[Si]1(CC[Si](c2ccccc2)(c2ccccc2)c2ccccc2)CCCCO1. The maximum atomic E-state index is 6.43. The van der Waals surface area contributed by atoms with Crippen molar-refractivity contribution < 1.29 is 4.43 Å². The minimum Gasteiger partial charge on any atom is -0.417 e. The van der Waals surface area contributed by atoms with Gasteiger partial charge in [-0.3, -0.25) is 0 Å². The van der Waals surface area contributed by atoms with Gasteiger partial charge in [0.05, 0.1) is 0 Å². The van der Waals surface area contributed by atoms with Crippen LogP contribution in [0.1, 0.15) is 12.8 Å². The largest absolute Gasteiger partial charge is 0.417 e. The molecular formula is C25H30OSi2. The van der Waals surface area contributed by atoms with Crippen molar-refractivity contribution in [2.45, 2.75) is 37.5 Å². The molecule has 3 aromatic carbocycles. The van der Waals surface area contributed by atoms with Gasteiger partial charge in [-0.2, -0.15) is 0 Å². The fourth-order valence-corrected chi connectivity index (χ4v) is 14.7. The Hall–Kier alpha value is -1.95. The Morgan fingerprint density at radius 1 is 0.714 bits per heavy atom. The number of hydrogen-bond acceptors (Lipinski definition) is 1. The molecule has 1 aliphatic heterocycles. The third kappa shape index (κ3) is 3.93. The Morgan fingerprint density at radius 3 is 1.57 bits per heavy atom. The highest BCUT2D eigenvalue weighted by atomic mass is 28.4. The summed E-state index contributed by atoms with van der Waals surface area (Å²) in [5, 5.41) is 4.54. The minimum atomic E-state index is -2.10. The molecule has 28 heavy (non-hydrogen) atoms. The zero-order valence-corrected chi connectivity index (χ0v) is 18.8. The lowest BCUT2D eigenvalue weighted by Gasteiger charge is -2.38. The summed E-state index contributed by atoms with van der Waals surface area (Å²) in [5.74, 6) is 0. The van der Waals surface area contributed by atoms with Crippen LogP contribution in [-0.2, 0) is 4.43 Å². The maximum absolute atomic E-state index is 6.43. The standard InChI is InChI=1S/C25H30OSi2/c1-27(20-12-11-19-26-27)21-22-28(23-13-5-2-6-14-23,24-15-7-3-8-16-24)25-17-9-4-10-18-25/h2-10,13-18H,11-12,19-22H2,1H3. The first-order valence-electron chi connectivity index (χ1n) is 10.5. The van der Waals surface area contributed by atoms with Gasteiger partial charge in [0.1, 0.15) is 8.07 Å². The molecule has 4 rings (SSSR count). The van der Waals surface area contributed by atoms with Crippen LogP contribution in [0.15, 0.2) is 91.0 Å². The molecule has 3 heteroatoms. The van der Waals surface area contributed by atoms with Crippen LogP contribution >= 0.6 is 0 Å². The average molecular weight is 403 g/mol.